The monoisotopic (exact) mass is 261 g/mol. The van der Waals surface area contributed by atoms with Crippen LogP contribution in [0.3, 0.4) is 0 Å². The molecule has 2 aromatic rings. The van der Waals surface area contributed by atoms with E-state index in [1.807, 2.05) is 0 Å². The van der Waals surface area contributed by atoms with Crippen molar-refractivity contribution in [1.29, 1.82) is 0 Å². The molecular weight excluding hydrogens is 248 g/mol. The first-order valence-electron chi connectivity index (χ1n) is 5.86. The summed E-state index contributed by atoms with van der Waals surface area (Å²) >= 11 is 0. The minimum absolute atomic E-state index is 0.0629. The molecule has 0 amide bonds. The Morgan fingerprint density at radius 3 is 2.37 bits per heavy atom. The molecule has 0 unspecified atom stereocenters. The second kappa shape index (κ2) is 5.71. The fourth-order valence-electron chi connectivity index (χ4n) is 1.78. The van der Waals surface area contributed by atoms with Gasteiger partial charge in [-0.2, -0.15) is 0 Å². The van der Waals surface area contributed by atoms with E-state index in [9.17, 15) is 13.6 Å². The van der Waals surface area contributed by atoms with E-state index in [0.717, 1.165) is 23.8 Å². The lowest BCUT2D eigenvalue weighted by molar-refractivity contribution is 0.0992. The topological polar surface area (TPSA) is 43.1 Å². The number of halogens is 2. The van der Waals surface area contributed by atoms with Crippen LogP contribution in [0.1, 0.15) is 21.5 Å². The van der Waals surface area contributed by atoms with Crippen LogP contribution in [-0.2, 0) is 13.0 Å². The normalized spacial score (nSPS) is 10.5. The lowest BCUT2D eigenvalue weighted by Gasteiger charge is -2.04. The average Bonchev–Trinajstić information content (AvgIpc) is 2.43. The molecule has 0 aliphatic heterocycles. The van der Waals surface area contributed by atoms with Crippen LogP contribution in [0.25, 0.3) is 0 Å². The van der Waals surface area contributed by atoms with Gasteiger partial charge in [0.05, 0.1) is 0 Å². The third kappa shape index (κ3) is 3.23. The Labute approximate surface area is 109 Å². The molecule has 0 aliphatic carbocycles. The molecule has 0 fully saturated rings. The summed E-state index contributed by atoms with van der Waals surface area (Å²) in [4.78, 5) is 12.0. The molecule has 0 radical (unpaired) electrons. The highest BCUT2D eigenvalue weighted by Crippen LogP contribution is 2.14. The molecule has 2 N–H and O–H groups in total. The molecule has 2 nitrogen and oxygen atoms in total. The molecule has 0 heterocycles. The van der Waals surface area contributed by atoms with Crippen molar-refractivity contribution in [3.63, 3.8) is 0 Å². The summed E-state index contributed by atoms with van der Waals surface area (Å²) in [6.07, 6.45) is -0.161. The predicted octanol–water partition coefficient (Wildman–Crippen LogP) is 2.85. The van der Waals surface area contributed by atoms with Crippen LogP contribution in [0, 0.1) is 11.6 Å². The number of hydrogen-bond acceptors (Lipinski definition) is 2. The van der Waals surface area contributed by atoms with Crippen molar-refractivity contribution in [1.82, 2.24) is 0 Å². The second-order valence-electron chi connectivity index (χ2n) is 4.24. The van der Waals surface area contributed by atoms with Crippen LogP contribution in [0.2, 0.25) is 0 Å². The number of carbonyl (C=O) groups is 1. The molecule has 2 aromatic carbocycles. The van der Waals surface area contributed by atoms with Gasteiger partial charge in [-0.25, -0.2) is 8.78 Å². The molecular formula is C15H13F2NO. The number of benzene rings is 2. The summed E-state index contributed by atoms with van der Waals surface area (Å²) in [6.45, 7) is 0.396. The molecule has 0 saturated carbocycles. The fourth-order valence-corrected chi connectivity index (χ4v) is 1.78. The van der Waals surface area contributed by atoms with Crippen LogP contribution in [-0.4, -0.2) is 5.78 Å². The average molecular weight is 261 g/mol. The Balaban J connectivity index is 2.18. The molecule has 98 valence electrons. The lowest BCUT2D eigenvalue weighted by Crippen LogP contribution is -2.06. The van der Waals surface area contributed by atoms with Crippen LogP contribution in [0.15, 0.2) is 42.5 Å². The van der Waals surface area contributed by atoms with Crippen molar-refractivity contribution in [3.05, 3.63) is 70.8 Å². The van der Waals surface area contributed by atoms with Crippen LogP contribution < -0.4 is 5.73 Å². The number of carbonyl (C=O) groups excluding carboxylic acids is 1. The molecule has 4 heteroatoms. The SMILES string of the molecule is NCc1ccc(C(=O)Cc2cc(F)ccc2F)cc1. The predicted molar refractivity (Wildman–Crippen MR) is 68.7 cm³/mol. The van der Waals surface area contributed by atoms with E-state index in [4.69, 9.17) is 5.73 Å². The molecule has 19 heavy (non-hydrogen) atoms. The Bertz CT molecular complexity index is 594. The maximum Gasteiger partial charge on any atom is 0.167 e. The maximum absolute atomic E-state index is 13.4. The number of Topliss-reactive ketones (excluding diaryl/α,β-unsaturated/α-hetero) is 1. The van der Waals surface area contributed by atoms with Gasteiger partial charge in [-0.1, -0.05) is 24.3 Å². The third-order valence-corrected chi connectivity index (χ3v) is 2.87. The van der Waals surface area contributed by atoms with E-state index in [1.54, 1.807) is 24.3 Å². The van der Waals surface area contributed by atoms with E-state index in [1.165, 1.54) is 0 Å². The summed E-state index contributed by atoms with van der Waals surface area (Å²) in [7, 11) is 0. The van der Waals surface area contributed by atoms with Crippen molar-refractivity contribution in [2.45, 2.75) is 13.0 Å². The van der Waals surface area contributed by atoms with E-state index in [-0.39, 0.29) is 17.8 Å². The molecule has 0 aromatic heterocycles. The van der Waals surface area contributed by atoms with Gasteiger partial charge in [0.1, 0.15) is 11.6 Å². The first-order chi connectivity index (χ1) is 9.10. The van der Waals surface area contributed by atoms with Crippen molar-refractivity contribution in [2.75, 3.05) is 0 Å². The summed E-state index contributed by atoms with van der Waals surface area (Å²) in [5.41, 5.74) is 6.89. The van der Waals surface area contributed by atoms with Crippen molar-refractivity contribution in [2.24, 2.45) is 5.73 Å². The van der Waals surface area contributed by atoms with E-state index in [0.29, 0.717) is 12.1 Å². The highest BCUT2D eigenvalue weighted by molar-refractivity contribution is 5.97. The Morgan fingerprint density at radius 1 is 1.05 bits per heavy atom. The van der Waals surface area contributed by atoms with Crippen LogP contribution in [0.5, 0.6) is 0 Å². The zero-order chi connectivity index (χ0) is 13.8. The van der Waals surface area contributed by atoms with Gasteiger partial charge >= 0.3 is 0 Å². The van der Waals surface area contributed by atoms with Gasteiger partial charge in [-0.3, -0.25) is 4.79 Å². The van der Waals surface area contributed by atoms with Crippen molar-refractivity contribution < 1.29 is 13.6 Å². The quantitative estimate of drug-likeness (QED) is 0.860. The van der Waals surface area contributed by atoms with Gasteiger partial charge in [-0.05, 0) is 29.3 Å². The minimum Gasteiger partial charge on any atom is -0.326 e. The summed E-state index contributed by atoms with van der Waals surface area (Å²) in [5.74, 6) is -1.39. The van der Waals surface area contributed by atoms with E-state index >= 15 is 0 Å². The highest BCUT2D eigenvalue weighted by Gasteiger charge is 2.11. The Hall–Kier alpha value is -2.07. The smallest absolute Gasteiger partial charge is 0.167 e. The molecule has 2 rings (SSSR count). The fraction of sp³-hybridized carbons (Fsp3) is 0.133. The van der Waals surface area contributed by atoms with Gasteiger partial charge in [0.2, 0.25) is 0 Å². The Morgan fingerprint density at radius 2 is 1.74 bits per heavy atom. The third-order valence-electron chi connectivity index (χ3n) is 2.87. The summed E-state index contributed by atoms with van der Waals surface area (Å²) in [5, 5.41) is 0. The van der Waals surface area contributed by atoms with Crippen LogP contribution >= 0.6 is 0 Å². The van der Waals surface area contributed by atoms with E-state index in [2.05, 4.69) is 0 Å². The molecule has 0 bridgehead atoms. The zero-order valence-electron chi connectivity index (χ0n) is 10.2. The summed E-state index contributed by atoms with van der Waals surface area (Å²) in [6, 6.07) is 9.87. The summed E-state index contributed by atoms with van der Waals surface area (Å²) < 4.78 is 26.4. The Kier molecular flexibility index (Phi) is 4.02. The largest absolute Gasteiger partial charge is 0.326 e. The maximum atomic E-state index is 13.4. The molecule has 0 aliphatic rings. The molecule has 0 saturated heterocycles. The van der Waals surface area contributed by atoms with Gasteiger partial charge in [0, 0.05) is 18.5 Å². The molecule has 0 atom stereocenters. The van der Waals surface area contributed by atoms with Crippen molar-refractivity contribution >= 4 is 5.78 Å². The lowest BCUT2D eigenvalue weighted by atomic mass is 10.0. The van der Waals surface area contributed by atoms with Gasteiger partial charge in [-0.15, -0.1) is 0 Å². The van der Waals surface area contributed by atoms with Gasteiger partial charge < -0.3 is 5.73 Å². The second-order valence-corrected chi connectivity index (χ2v) is 4.24. The number of ketones is 1. The molecule has 0 spiro atoms. The standard InChI is InChI=1S/C15H13F2NO/c16-13-5-6-14(17)12(7-13)8-15(19)11-3-1-10(9-18)2-4-11/h1-7H,8-9,18H2. The number of rotatable bonds is 4. The highest BCUT2D eigenvalue weighted by atomic mass is 19.1. The van der Waals surface area contributed by atoms with E-state index < -0.39 is 11.6 Å². The van der Waals surface area contributed by atoms with Gasteiger partial charge in [0.25, 0.3) is 0 Å². The minimum atomic E-state index is -0.576. The van der Waals surface area contributed by atoms with Crippen LogP contribution in [0.4, 0.5) is 8.78 Å². The first kappa shape index (κ1) is 13.4. The number of hydrogen-bond donors (Lipinski definition) is 1. The van der Waals surface area contributed by atoms with Gasteiger partial charge in [0.15, 0.2) is 5.78 Å². The van der Waals surface area contributed by atoms with Crippen molar-refractivity contribution in [3.8, 4) is 0 Å². The first-order valence-corrected chi connectivity index (χ1v) is 5.86. The zero-order valence-corrected chi connectivity index (χ0v) is 10.2. The number of nitrogens with two attached hydrogens (primary N) is 1.